The fraction of sp³-hybridized carbons (Fsp3) is 0.429. The summed E-state index contributed by atoms with van der Waals surface area (Å²) in [6, 6.07) is 4.87. The summed E-state index contributed by atoms with van der Waals surface area (Å²) < 4.78 is 0. The Labute approximate surface area is 170 Å². The third-order valence-electron chi connectivity index (χ3n) is 7.14. The minimum Gasteiger partial charge on any atom is -0.0801 e. The molecule has 0 nitrogen and oxygen atoms in total. The molecule has 146 valence electrons. The fourth-order valence-corrected chi connectivity index (χ4v) is 5.44. The lowest BCUT2D eigenvalue weighted by molar-refractivity contribution is 0.313. The van der Waals surface area contributed by atoms with Gasteiger partial charge in [0.15, 0.2) is 0 Å². The third-order valence-corrected chi connectivity index (χ3v) is 7.14. The quantitative estimate of drug-likeness (QED) is 0.585. The SMILES string of the molecule is CCc1cc(C(C)C)c2c(c1)=CC1=C(C3=CC=CC3)C(CC)(C(C)C)C=CC=21. The van der Waals surface area contributed by atoms with Crippen molar-refractivity contribution >= 4 is 11.6 Å². The molecule has 0 heteroatoms. The van der Waals surface area contributed by atoms with Crippen molar-refractivity contribution in [2.24, 2.45) is 11.3 Å². The molecule has 0 amide bonds. The van der Waals surface area contributed by atoms with Gasteiger partial charge in [0.05, 0.1) is 0 Å². The Bertz CT molecular complexity index is 1050. The predicted molar refractivity (Wildman–Crippen MR) is 123 cm³/mol. The zero-order chi connectivity index (χ0) is 20.1. The second kappa shape index (κ2) is 7.07. The van der Waals surface area contributed by atoms with Crippen molar-refractivity contribution in [3.8, 4) is 0 Å². The van der Waals surface area contributed by atoms with E-state index in [-0.39, 0.29) is 5.41 Å². The molecule has 0 saturated carbocycles. The van der Waals surface area contributed by atoms with Gasteiger partial charge in [-0.25, -0.2) is 0 Å². The number of hydrogen-bond acceptors (Lipinski definition) is 0. The highest BCUT2D eigenvalue weighted by Gasteiger charge is 2.40. The van der Waals surface area contributed by atoms with Crippen LogP contribution in [0, 0.1) is 11.3 Å². The van der Waals surface area contributed by atoms with Gasteiger partial charge in [-0.2, -0.15) is 0 Å². The number of fused-ring (bicyclic) bond motifs is 2. The van der Waals surface area contributed by atoms with Gasteiger partial charge in [0.1, 0.15) is 0 Å². The van der Waals surface area contributed by atoms with Gasteiger partial charge >= 0.3 is 0 Å². The van der Waals surface area contributed by atoms with Crippen molar-refractivity contribution in [1.82, 2.24) is 0 Å². The van der Waals surface area contributed by atoms with Crippen molar-refractivity contribution in [3.63, 3.8) is 0 Å². The first-order valence-electron chi connectivity index (χ1n) is 11.1. The van der Waals surface area contributed by atoms with Crippen molar-refractivity contribution in [1.29, 1.82) is 0 Å². The van der Waals surface area contributed by atoms with Gasteiger partial charge in [-0.05, 0) is 81.0 Å². The summed E-state index contributed by atoms with van der Waals surface area (Å²) in [6.45, 7) is 14.1. The standard InChI is InChI=1S/C28H34/c1-7-20-15-22-17-25-23(26(22)24(16-20)18(3)4)13-14-28(8-2,19(5)6)27(25)21-11-9-10-12-21/h9-11,13-19H,7-8,12H2,1-6H3. The van der Waals surface area contributed by atoms with Crippen LogP contribution in [0.3, 0.4) is 0 Å². The van der Waals surface area contributed by atoms with E-state index in [0.29, 0.717) is 11.8 Å². The normalized spacial score (nSPS) is 22.9. The van der Waals surface area contributed by atoms with Crippen molar-refractivity contribution in [3.05, 3.63) is 80.8 Å². The molecule has 0 aliphatic heterocycles. The molecule has 3 aliphatic carbocycles. The maximum absolute atomic E-state index is 2.53. The van der Waals surface area contributed by atoms with Crippen LogP contribution in [0.1, 0.15) is 71.4 Å². The lowest BCUT2D eigenvalue weighted by Gasteiger charge is -2.41. The Morgan fingerprint density at radius 3 is 2.39 bits per heavy atom. The van der Waals surface area contributed by atoms with E-state index in [0.717, 1.165) is 19.3 Å². The van der Waals surface area contributed by atoms with Gasteiger partial charge in [0.25, 0.3) is 0 Å². The summed E-state index contributed by atoms with van der Waals surface area (Å²) in [5, 5.41) is 2.91. The second-order valence-electron chi connectivity index (χ2n) is 9.21. The minimum absolute atomic E-state index is 0.126. The van der Waals surface area contributed by atoms with Crippen LogP contribution in [0.5, 0.6) is 0 Å². The fourth-order valence-electron chi connectivity index (χ4n) is 5.44. The molecule has 1 unspecified atom stereocenters. The Morgan fingerprint density at radius 2 is 1.82 bits per heavy atom. The minimum atomic E-state index is 0.126. The van der Waals surface area contributed by atoms with E-state index in [1.807, 2.05) is 0 Å². The molecule has 3 aliphatic rings. The third kappa shape index (κ3) is 2.72. The van der Waals surface area contributed by atoms with Crippen LogP contribution < -0.4 is 10.4 Å². The number of benzene rings is 1. The summed E-state index contributed by atoms with van der Waals surface area (Å²) >= 11 is 0. The highest BCUT2D eigenvalue weighted by atomic mass is 14.4. The smallest absolute Gasteiger partial charge is 0.0164 e. The molecule has 1 atom stereocenters. The Kier molecular flexibility index (Phi) is 4.86. The summed E-state index contributed by atoms with van der Waals surface area (Å²) in [7, 11) is 0. The zero-order valence-electron chi connectivity index (χ0n) is 18.4. The van der Waals surface area contributed by atoms with Gasteiger partial charge in [-0.1, -0.05) is 84.1 Å². The van der Waals surface area contributed by atoms with Gasteiger partial charge < -0.3 is 0 Å². The molecule has 0 fully saturated rings. The molecule has 1 aromatic rings. The van der Waals surface area contributed by atoms with E-state index in [1.54, 1.807) is 5.57 Å². The van der Waals surface area contributed by atoms with Crippen LogP contribution in [-0.2, 0) is 6.42 Å². The monoisotopic (exact) mass is 370 g/mol. The maximum atomic E-state index is 2.53. The summed E-state index contributed by atoms with van der Waals surface area (Å²) in [6.07, 6.45) is 17.7. The molecule has 1 aromatic carbocycles. The van der Waals surface area contributed by atoms with Gasteiger partial charge in [0.2, 0.25) is 0 Å². The Morgan fingerprint density at radius 1 is 1.04 bits per heavy atom. The van der Waals surface area contributed by atoms with Crippen LogP contribution in [0.25, 0.3) is 11.6 Å². The van der Waals surface area contributed by atoms with E-state index in [9.17, 15) is 0 Å². The van der Waals surface area contributed by atoms with E-state index < -0.39 is 0 Å². The van der Waals surface area contributed by atoms with Crippen LogP contribution >= 0.6 is 0 Å². The van der Waals surface area contributed by atoms with Crippen LogP contribution in [0.2, 0.25) is 0 Å². The highest BCUT2D eigenvalue weighted by Crippen LogP contribution is 2.51. The molecule has 0 saturated heterocycles. The maximum Gasteiger partial charge on any atom is 0.0164 e. The van der Waals surface area contributed by atoms with Gasteiger partial charge in [0, 0.05) is 5.41 Å². The molecule has 28 heavy (non-hydrogen) atoms. The first kappa shape index (κ1) is 19.2. The number of rotatable bonds is 5. The molecule has 0 N–H and O–H groups in total. The van der Waals surface area contributed by atoms with Crippen LogP contribution in [-0.4, -0.2) is 0 Å². The van der Waals surface area contributed by atoms with E-state index in [4.69, 9.17) is 0 Å². The van der Waals surface area contributed by atoms with Crippen molar-refractivity contribution in [2.45, 2.75) is 66.7 Å². The lowest BCUT2D eigenvalue weighted by Crippen LogP contribution is -2.32. The summed E-state index contributed by atoms with van der Waals surface area (Å²) in [5.41, 5.74) is 9.12. The van der Waals surface area contributed by atoms with Crippen molar-refractivity contribution in [2.75, 3.05) is 0 Å². The number of hydrogen-bond donors (Lipinski definition) is 0. The second-order valence-corrected chi connectivity index (χ2v) is 9.21. The first-order chi connectivity index (χ1) is 13.4. The predicted octanol–water partition coefficient (Wildman–Crippen LogP) is 6.12. The van der Waals surface area contributed by atoms with E-state index in [2.05, 4.69) is 90.1 Å². The molecule has 4 rings (SSSR count). The first-order valence-corrected chi connectivity index (χ1v) is 11.1. The summed E-state index contributed by atoms with van der Waals surface area (Å²) in [5.74, 6) is 1.11. The van der Waals surface area contributed by atoms with E-state index >= 15 is 0 Å². The molecular formula is C28H34. The largest absolute Gasteiger partial charge is 0.0801 e. The Balaban J connectivity index is 2.10. The molecular weight excluding hydrogens is 336 g/mol. The summed E-state index contributed by atoms with van der Waals surface area (Å²) in [4.78, 5) is 0. The lowest BCUT2D eigenvalue weighted by atomic mass is 9.62. The van der Waals surface area contributed by atoms with E-state index in [1.165, 1.54) is 38.3 Å². The van der Waals surface area contributed by atoms with Gasteiger partial charge in [-0.15, -0.1) is 0 Å². The number of aryl methyl sites for hydroxylation is 1. The molecule has 0 bridgehead atoms. The zero-order valence-corrected chi connectivity index (χ0v) is 18.4. The average molecular weight is 371 g/mol. The molecule has 0 aromatic heterocycles. The Hall–Kier alpha value is -2.08. The molecule has 0 heterocycles. The highest BCUT2D eigenvalue weighted by molar-refractivity contribution is 5.92. The van der Waals surface area contributed by atoms with Crippen molar-refractivity contribution < 1.29 is 0 Å². The van der Waals surface area contributed by atoms with Crippen LogP contribution in [0.4, 0.5) is 0 Å². The molecule has 0 spiro atoms. The number of allylic oxidation sites excluding steroid dienone is 8. The van der Waals surface area contributed by atoms with Crippen LogP contribution in [0.15, 0.2) is 59.2 Å². The molecule has 0 radical (unpaired) electrons. The van der Waals surface area contributed by atoms with Gasteiger partial charge in [-0.3, -0.25) is 0 Å². The topological polar surface area (TPSA) is 0 Å². The average Bonchev–Trinajstić information content (AvgIpc) is 3.33.